The zero-order valence-electron chi connectivity index (χ0n) is 22.0. The first-order valence-electron chi connectivity index (χ1n) is 12.7. The van der Waals surface area contributed by atoms with Crippen LogP contribution in [0.2, 0.25) is 0 Å². The van der Waals surface area contributed by atoms with Gasteiger partial charge in [0.2, 0.25) is 0 Å². The van der Waals surface area contributed by atoms with Crippen LogP contribution in [0.3, 0.4) is 0 Å². The van der Waals surface area contributed by atoms with Gasteiger partial charge in [0.25, 0.3) is 5.56 Å². The Morgan fingerprint density at radius 3 is 2.50 bits per heavy atom. The van der Waals surface area contributed by atoms with Crippen LogP contribution in [-0.2, 0) is 9.53 Å². The Morgan fingerprint density at radius 2 is 1.84 bits per heavy atom. The number of thiazole rings is 1. The van der Waals surface area contributed by atoms with E-state index in [1.807, 2.05) is 18.2 Å². The average molecular weight is 534 g/mol. The molecule has 2 aliphatic rings. The molecule has 0 bridgehead atoms. The summed E-state index contributed by atoms with van der Waals surface area (Å²) in [6.45, 7) is 5.87. The lowest BCUT2D eigenvalue weighted by Gasteiger charge is -2.26. The van der Waals surface area contributed by atoms with Crippen LogP contribution in [0.25, 0.3) is 6.08 Å². The smallest absolute Gasteiger partial charge is 0.338 e. The first kappa shape index (κ1) is 25.8. The molecule has 1 aromatic heterocycles. The van der Waals surface area contributed by atoms with Crippen molar-refractivity contribution in [2.75, 3.05) is 38.8 Å². The Kier molecular flexibility index (Phi) is 7.37. The minimum absolute atomic E-state index is 0.204. The molecule has 0 amide bonds. The topological polar surface area (TPSA) is 82.4 Å². The van der Waals surface area contributed by atoms with E-state index in [9.17, 15) is 9.59 Å². The molecule has 38 heavy (non-hydrogen) atoms. The standard InChI is InChI=1S/C29H31N3O5S/c1-5-37-28(34)25-18(2)30-29-32(26(25)22-17-21(35-3)12-13-23(22)36-4)27(33)24(38-29)16-19-8-10-20(11-9-19)31-14-6-7-15-31/h8-13,16-17,26H,5-7,14-15H2,1-4H3/b24-16+/t26-/m1/s1. The molecule has 9 heteroatoms. The Hall–Kier alpha value is -3.85. The Bertz CT molecular complexity index is 1560. The number of carbonyl (C=O) groups is 1. The van der Waals surface area contributed by atoms with Gasteiger partial charge >= 0.3 is 5.97 Å². The lowest BCUT2D eigenvalue weighted by atomic mass is 9.94. The summed E-state index contributed by atoms with van der Waals surface area (Å²) in [4.78, 5) is 34.6. The molecule has 3 heterocycles. The van der Waals surface area contributed by atoms with Crippen LogP contribution in [-0.4, -0.2) is 44.5 Å². The van der Waals surface area contributed by atoms with Gasteiger partial charge in [-0.05, 0) is 68.7 Å². The summed E-state index contributed by atoms with van der Waals surface area (Å²) < 4.78 is 18.6. The molecule has 5 rings (SSSR count). The summed E-state index contributed by atoms with van der Waals surface area (Å²) in [5, 5.41) is 0. The Labute approximate surface area is 225 Å². The van der Waals surface area contributed by atoms with Crippen molar-refractivity contribution in [3.05, 3.63) is 84.5 Å². The highest BCUT2D eigenvalue weighted by molar-refractivity contribution is 7.07. The fourth-order valence-electron chi connectivity index (χ4n) is 5.05. The van der Waals surface area contributed by atoms with Gasteiger partial charge in [-0.1, -0.05) is 23.5 Å². The van der Waals surface area contributed by atoms with E-state index in [0.717, 1.165) is 18.7 Å². The molecule has 0 radical (unpaired) electrons. The first-order chi connectivity index (χ1) is 18.4. The minimum Gasteiger partial charge on any atom is -0.497 e. The third kappa shape index (κ3) is 4.74. The fraction of sp³-hybridized carbons (Fsp3) is 0.345. The van der Waals surface area contributed by atoms with Crippen molar-refractivity contribution in [1.82, 2.24) is 4.57 Å². The van der Waals surface area contributed by atoms with Gasteiger partial charge in [0, 0.05) is 24.3 Å². The number of carbonyl (C=O) groups excluding carboxylic acids is 1. The molecular weight excluding hydrogens is 502 g/mol. The second-order valence-electron chi connectivity index (χ2n) is 9.20. The summed E-state index contributed by atoms with van der Waals surface area (Å²) in [7, 11) is 3.13. The van der Waals surface area contributed by atoms with Gasteiger partial charge in [0.15, 0.2) is 4.80 Å². The van der Waals surface area contributed by atoms with Crippen molar-refractivity contribution < 1.29 is 19.0 Å². The summed E-state index contributed by atoms with van der Waals surface area (Å²) in [6, 6.07) is 12.8. The number of methoxy groups -OCH3 is 2. The third-order valence-corrected chi connectivity index (χ3v) is 7.89. The molecular formula is C29H31N3O5S. The molecule has 0 saturated carbocycles. The zero-order chi connectivity index (χ0) is 26.8. The fourth-order valence-corrected chi connectivity index (χ4v) is 6.09. The van der Waals surface area contributed by atoms with Crippen molar-refractivity contribution >= 4 is 29.1 Å². The molecule has 3 aromatic rings. The van der Waals surface area contributed by atoms with E-state index < -0.39 is 12.0 Å². The monoisotopic (exact) mass is 533 g/mol. The highest BCUT2D eigenvalue weighted by atomic mass is 32.1. The number of allylic oxidation sites excluding steroid dienone is 1. The summed E-state index contributed by atoms with van der Waals surface area (Å²) in [5.41, 5.74) is 3.30. The number of fused-ring (bicyclic) bond motifs is 1. The molecule has 1 atom stereocenters. The van der Waals surface area contributed by atoms with E-state index in [1.54, 1.807) is 50.8 Å². The third-order valence-electron chi connectivity index (χ3n) is 6.91. The zero-order valence-corrected chi connectivity index (χ0v) is 22.8. The number of nitrogens with zero attached hydrogens (tertiary/aromatic N) is 3. The molecule has 0 aliphatic carbocycles. The number of benzene rings is 2. The minimum atomic E-state index is -0.782. The number of rotatable bonds is 7. The number of ether oxygens (including phenoxy) is 3. The molecule has 0 N–H and O–H groups in total. The van der Waals surface area contributed by atoms with E-state index in [1.165, 1.54) is 29.9 Å². The van der Waals surface area contributed by atoms with Crippen molar-refractivity contribution in [3.63, 3.8) is 0 Å². The summed E-state index contributed by atoms with van der Waals surface area (Å²) in [6.07, 6.45) is 4.31. The van der Waals surface area contributed by atoms with E-state index in [0.29, 0.717) is 37.7 Å². The van der Waals surface area contributed by atoms with E-state index in [2.05, 4.69) is 22.0 Å². The van der Waals surface area contributed by atoms with E-state index in [4.69, 9.17) is 14.2 Å². The van der Waals surface area contributed by atoms with Crippen molar-refractivity contribution in [3.8, 4) is 11.5 Å². The molecule has 0 unspecified atom stereocenters. The van der Waals surface area contributed by atoms with Crippen LogP contribution in [0.15, 0.2) is 63.5 Å². The number of hydrogen-bond acceptors (Lipinski definition) is 8. The maximum Gasteiger partial charge on any atom is 0.338 e. The molecule has 1 saturated heterocycles. The predicted molar refractivity (Wildman–Crippen MR) is 148 cm³/mol. The van der Waals surface area contributed by atoms with Crippen molar-refractivity contribution in [1.29, 1.82) is 0 Å². The van der Waals surface area contributed by atoms with Crippen LogP contribution in [0.4, 0.5) is 5.69 Å². The summed E-state index contributed by atoms with van der Waals surface area (Å²) in [5.74, 6) is 0.591. The van der Waals surface area contributed by atoms with Gasteiger partial charge < -0.3 is 19.1 Å². The number of esters is 1. The maximum absolute atomic E-state index is 13.9. The lowest BCUT2D eigenvalue weighted by Crippen LogP contribution is -2.40. The number of hydrogen-bond donors (Lipinski definition) is 0. The van der Waals surface area contributed by atoms with Gasteiger partial charge in [-0.25, -0.2) is 9.79 Å². The first-order valence-corrected chi connectivity index (χ1v) is 13.5. The second-order valence-corrected chi connectivity index (χ2v) is 10.2. The van der Waals surface area contributed by atoms with Gasteiger partial charge in [-0.2, -0.15) is 0 Å². The van der Waals surface area contributed by atoms with Gasteiger partial charge in [-0.15, -0.1) is 0 Å². The van der Waals surface area contributed by atoms with Crippen LogP contribution in [0, 0.1) is 0 Å². The van der Waals surface area contributed by atoms with Gasteiger partial charge in [0.1, 0.15) is 17.5 Å². The normalized spacial score (nSPS) is 17.3. The van der Waals surface area contributed by atoms with Crippen molar-refractivity contribution in [2.24, 2.45) is 4.99 Å². The van der Waals surface area contributed by atoms with Gasteiger partial charge in [0.05, 0.1) is 36.6 Å². The highest BCUT2D eigenvalue weighted by Crippen LogP contribution is 2.37. The molecule has 198 valence electrons. The maximum atomic E-state index is 13.9. The Morgan fingerprint density at radius 1 is 1.11 bits per heavy atom. The highest BCUT2D eigenvalue weighted by Gasteiger charge is 2.35. The van der Waals surface area contributed by atoms with Gasteiger partial charge in [-0.3, -0.25) is 9.36 Å². The summed E-state index contributed by atoms with van der Waals surface area (Å²) >= 11 is 1.30. The lowest BCUT2D eigenvalue weighted by molar-refractivity contribution is -0.139. The SMILES string of the molecule is CCOC(=O)C1=C(C)N=c2s/c(=C/c3ccc(N4CCCC4)cc3)c(=O)n2[C@@H]1c1cc(OC)ccc1OC. The molecule has 2 aliphatic heterocycles. The van der Waals surface area contributed by atoms with Crippen LogP contribution in [0.5, 0.6) is 11.5 Å². The molecule has 2 aromatic carbocycles. The van der Waals surface area contributed by atoms with Crippen LogP contribution >= 0.6 is 11.3 Å². The molecule has 8 nitrogen and oxygen atoms in total. The number of aromatic nitrogens is 1. The van der Waals surface area contributed by atoms with E-state index in [-0.39, 0.29) is 12.2 Å². The van der Waals surface area contributed by atoms with Crippen molar-refractivity contribution in [2.45, 2.75) is 32.7 Å². The molecule has 1 fully saturated rings. The van der Waals surface area contributed by atoms with E-state index >= 15 is 0 Å². The second kappa shape index (κ2) is 10.9. The number of anilines is 1. The quantitative estimate of drug-likeness (QED) is 0.433. The average Bonchev–Trinajstić information content (AvgIpc) is 3.57. The largest absolute Gasteiger partial charge is 0.497 e. The van der Waals surface area contributed by atoms with Crippen LogP contribution < -0.4 is 29.3 Å². The Balaban J connectivity index is 1.66. The molecule has 0 spiro atoms. The predicted octanol–water partition coefficient (Wildman–Crippen LogP) is 3.42. The van der Waals surface area contributed by atoms with Crippen LogP contribution in [0.1, 0.15) is 43.9 Å².